The van der Waals surface area contributed by atoms with E-state index >= 15 is 0 Å². The predicted octanol–water partition coefficient (Wildman–Crippen LogP) is 3.51. The first-order valence-electron chi connectivity index (χ1n) is 8.80. The summed E-state index contributed by atoms with van der Waals surface area (Å²) >= 11 is 6.24. The molecule has 27 heavy (non-hydrogen) atoms. The van der Waals surface area contributed by atoms with Crippen LogP contribution in [0, 0.1) is 6.92 Å². The number of aromatic nitrogens is 2. The number of anilines is 2. The average molecular weight is 393 g/mol. The van der Waals surface area contributed by atoms with Gasteiger partial charge in [0, 0.05) is 32.0 Å². The molecule has 1 amide bonds. The lowest BCUT2D eigenvalue weighted by atomic mass is 10.2. The summed E-state index contributed by atoms with van der Waals surface area (Å²) in [7, 11) is 3.87. The van der Waals surface area contributed by atoms with Crippen LogP contribution in [0.15, 0.2) is 24.3 Å². The number of nitrogens with one attached hydrogen (secondary N) is 1. The lowest BCUT2D eigenvalue weighted by Gasteiger charge is -2.13. The zero-order valence-electron chi connectivity index (χ0n) is 16.1. The summed E-state index contributed by atoms with van der Waals surface area (Å²) in [6.45, 7) is 3.99. The van der Waals surface area contributed by atoms with E-state index in [4.69, 9.17) is 16.3 Å². The number of aryl methyl sites for hydroxylation is 2. The molecule has 0 aliphatic rings. The number of hydrogen-bond acceptors (Lipinski definition) is 5. The van der Waals surface area contributed by atoms with Crippen LogP contribution < -0.4 is 10.2 Å². The molecule has 0 unspecified atom stereocenters. The fourth-order valence-corrected chi connectivity index (χ4v) is 2.82. The first-order valence-corrected chi connectivity index (χ1v) is 9.18. The number of benzene rings is 1. The summed E-state index contributed by atoms with van der Waals surface area (Å²) in [6.07, 6.45) is 1.90. The molecule has 2 aromatic rings. The maximum Gasteiger partial charge on any atom is 0.343 e. The summed E-state index contributed by atoms with van der Waals surface area (Å²) in [6, 6.07) is 7.34. The van der Waals surface area contributed by atoms with Gasteiger partial charge < -0.3 is 15.0 Å². The standard InChI is InChI=1S/C19H25ClN4O3/c1-5-6-11-24-18(20)17(13(2)22-24)19(26)27-12-16(25)21-14-7-9-15(10-8-14)23(3)4/h7-10H,5-6,11-12H2,1-4H3,(H,21,25). The van der Waals surface area contributed by atoms with Crippen LogP contribution in [-0.2, 0) is 16.1 Å². The number of carbonyl (C=O) groups is 2. The molecular formula is C19H25ClN4O3. The first kappa shape index (κ1) is 20.8. The highest BCUT2D eigenvalue weighted by Crippen LogP contribution is 2.21. The molecule has 0 saturated heterocycles. The topological polar surface area (TPSA) is 76.5 Å². The normalized spacial score (nSPS) is 10.6. The van der Waals surface area contributed by atoms with Gasteiger partial charge in [-0.3, -0.25) is 9.48 Å². The Morgan fingerprint density at radius 2 is 1.93 bits per heavy atom. The number of halogens is 1. The van der Waals surface area contributed by atoms with Crippen molar-refractivity contribution in [2.45, 2.75) is 33.2 Å². The van der Waals surface area contributed by atoms with Gasteiger partial charge in [0.15, 0.2) is 6.61 Å². The summed E-state index contributed by atoms with van der Waals surface area (Å²) < 4.78 is 6.69. The van der Waals surface area contributed by atoms with E-state index in [1.54, 1.807) is 23.7 Å². The maximum absolute atomic E-state index is 12.3. The van der Waals surface area contributed by atoms with Gasteiger partial charge in [0.2, 0.25) is 0 Å². The summed E-state index contributed by atoms with van der Waals surface area (Å²) in [5.41, 5.74) is 2.34. The van der Waals surface area contributed by atoms with E-state index in [0.29, 0.717) is 17.9 Å². The Morgan fingerprint density at radius 1 is 1.26 bits per heavy atom. The fourth-order valence-electron chi connectivity index (χ4n) is 2.48. The van der Waals surface area contributed by atoms with Crippen LogP contribution in [0.5, 0.6) is 0 Å². The molecule has 1 aromatic heterocycles. The minimum atomic E-state index is -0.654. The van der Waals surface area contributed by atoms with Gasteiger partial charge in [-0.2, -0.15) is 5.10 Å². The van der Waals surface area contributed by atoms with Crippen LogP contribution in [0.3, 0.4) is 0 Å². The molecular weight excluding hydrogens is 368 g/mol. The highest BCUT2D eigenvalue weighted by molar-refractivity contribution is 6.32. The van der Waals surface area contributed by atoms with Gasteiger partial charge in [0.25, 0.3) is 5.91 Å². The first-order chi connectivity index (χ1) is 12.8. The zero-order valence-corrected chi connectivity index (χ0v) is 16.8. The molecule has 1 heterocycles. The molecule has 1 aromatic carbocycles. The number of hydrogen-bond donors (Lipinski definition) is 1. The minimum absolute atomic E-state index is 0.205. The molecule has 0 fully saturated rings. The molecule has 0 aliphatic heterocycles. The van der Waals surface area contributed by atoms with Crippen LogP contribution in [0.4, 0.5) is 11.4 Å². The molecule has 7 nitrogen and oxygen atoms in total. The molecule has 0 spiro atoms. The van der Waals surface area contributed by atoms with Crippen molar-refractivity contribution in [2.75, 3.05) is 30.9 Å². The quantitative estimate of drug-likeness (QED) is 0.695. The third-order valence-corrected chi connectivity index (χ3v) is 4.38. The van der Waals surface area contributed by atoms with Gasteiger partial charge in [-0.1, -0.05) is 24.9 Å². The van der Waals surface area contributed by atoms with Gasteiger partial charge >= 0.3 is 5.97 Å². The molecule has 0 bridgehead atoms. The Morgan fingerprint density at radius 3 is 2.52 bits per heavy atom. The number of nitrogens with zero attached hydrogens (tertiary/aromatic N) is 3. The lowest BCUT2D eigenvalue weighted by molar-refractivity contribution is -0.119. The second kappa shape index (κ2) is 9.41. The Kier molecular flexibility index (Phi) is 7.24. The van der Waals surface area contributed by atoms with Crippen LogP contribution in [0.2, 0.25) is 5.15 Å². The van der Waals surface area contributed by atoms with Crippen molar-refractivity contribution >= 4 is 34.9 Å². The van der Waals surface area contributed by atoms with Crippen LogP contribution in [0.25, 0.3) is 0 Å². The van der Waals surface area contributed by atoms with E-state index in [9.17, 15) is 9.59 Å². The molecule has 0 aliphatic carbocycles. The minimum Gasteiger partial charge on any atom is -0.452 e. The summed E-state index contributed by atoms with van der Waals surface area (Å²) in [5.74, 6) is -1.08. The Bertz CT molecular complexity index is 800. The number of rotatable bonds is 8. The third kappa shape index (κ3) is 5.47. The van der Waals surface area contributed by atoms with E-state index in [0.717, 1.165) is 18.5 Å². The molecule has 2 rings (SSSR count). The number of ether oxygens (including phenoxy) is 1. The smallest absolute Gasteiger partial charge is 0.343 e. The van der Waals surface area contributed by atoms with Gasteiger partial charge in [0.1, 0.15) is 10.7 Å². The van der Waals surface area contributed by atoms with E-state index < -0.39 is 18.5 Å². The van der Waals surface area contributed by atoms with Crippen molar-refractivity contribution in [3.8, 4) is 0 Å². The monoisotopic (exact) mass is 392 g/mol. The number of unbranched alkanes of at least 4 members (excludes halogenated alkanes) is 1. The van der Waals surface area contributed by atoms with Gasteiger partial charge in [0.05, 0.1) is 5.69 Å². The number of carbonyl (C=O) groups excluding carboxylic acids is 2. The number of esters is 1. The second-order valence-corrected chi connectivity index (χ2v) is 6.75. The predicted molar refractivity (Wildman–Crippen MR) is 107 cm³/mol. The van der Waals surface area contributed by atoms with E-state index in [-0.39, 0.29) is 10.7 Å². The van der Waals surface area contributed by atoms with Gasteiger partial charge in [-0.15, -0.1) is 0 Å². The summed E-state index contributed by atoms with van der Waals surface area (Å²) in [4.78, 5) is 26.3. The number of amides is 1. The fraction of sp³-hybridized carbons (Fsp3) is 0.421. The second-order valence-electron chi connectivity index (χ2n) is 6.39. The highest BCUT2D eigenvalue weighted by atomic mass is 35.5. The third-order valence-electron chi connectivity index (χ3n) is 3.99. The van der Waals surface area contributed by atoms with Crippen molar-refractivity contribution in [2.24, 2.45) is 0 Å². The highest BCUT2D eigenvalue weighted by Gasteiger charge is 2.22. The molecule has 0 atom stereocenters. The van der Waals surface area contributed by atoms with Crippen molar-refractivity contribution in [1.82, 2.24) is 9.78 Å². The maximum atomic E-state index is 12.3. The molecule has 0 radical (unpaired) electrons. The molecule has 146 valence electrons. The van der Waals surface area contributed by atoms with Crippen molar-refractivity contribution < 1.29 is 14.3 Å². The molecule has 8 heteroatoms. The van der Waals surface area contributed by atoms with Gasteiger partial charge in [-0.25, -0.2) is 4.79 Å². The lowest BCUT2D eigenvalue weighted by Crippen LogP contribution is -2.21. The van der Waals surface area contributed by atoms with E-state index in [1.807, 2.05) is 31.1 Å². The largest absolute Gasteiger partial charge is 0.452 e. The van der Waals surface area contributed by atoms with Crippen molar-refractivity contribution in [3.63, 3.8) is 0 Å². The van der Waals surface area contributed by atoms with Crippen LogP contribution in [-0.4, -0.2) is 42.4 Å². The average Bonchev–Trinajstić information content (AvgIpc) is 2.92. The van der Waals surface area contributed by atoms with Crippen molar-refractivity contribution in [3.05, 3.63) is 40.7 Å². The Hall–Kier alpha value is -2.54. The van der Waals surface area contributed by atoms with E-state index in [1.165, 1.54) is 0 Å². The molecule has 1 N–H and O–H groups in total. The van der Waals surface area contributed by atoms with E-state index in [2.05, 4.69) is 17.3 Å². The van der Waals surface area contributed by atoms with Gasteiger partial charge in [-0.05, 0) is 37.6 Å². The SMILES string of the molecule is CCCCn1nc(C)c(C(=O)OCC(=O)Nc2ccc(N(C)C)cc2)c1Cl. The summed E-state index contributed by atoms with van der Waals surface area (Å²) in [5, 5.41) is 7.20. The Labute approximate surface area is 164 Å². The van der Waals surface area contributed by atoms with Crippen LogP contribution in [0.1, 0.15) is 35.8 Å². The molecule has 0 saturated carbocycles. The van der Waals surface area contributed by atoms with Crippen molar-refractivity contribution in [1.29, 1.82) is 0 Å². The van der Waals surface area contributed by atoms with Crippen LogP contribution >= 0.6 is 11.6 Å². The zero-order chi connectivity index (χ0) is 20.0. The Balaban J connectivity index is 1.93.